The topological polar surface area (TPSA) is 198 Å². The van der Waals surface area contributed by atoms with Crippen molar-refractivity contribution in [2.75, 3.05) is 35.0 Å². The summed E-state index contributed by atoms with van der Waals surface area (Å²) in [7, 11) is -4.21. The van der Waals surface area contributed by atoms with Gasteiger partial charge in [-0.05, 0) is 24.3 Å². The minimum absolute atomic E-state index is 0.0147. The summed E-state index contributed by atoms with van der Waals surface area (Å²) >= 11 is 0. The molecule has 2 heterocycles. The molecule has 2 saturated heterocycles. The number of hydrogen-bond acceptors (Lipinski definition) is 14. The fourth-order valence-corrected chi connectivity index (χ4v) is 7.55. The van der Waals surface area contributed by atoms with Crippen molar-refractivity contribution in [1.29, 1.82) is 0 Å². The molecule has 3 aliphatic rings. The molecule has 230 valence electrons. The molecule has 5 rings (SSSR count). The number of rotatable bonds is 10. The molecule has 18 heteroatoms. The van der Waals surface area contributed by atoms with Crippen molar-refractivity contribution in [3.8, 4) is 23.0 Å². The highest BCUT2D eigenvalue weighted by Crippen LogP contribution is 2.51. The first-order chi connectivity index (χ1) is 20.3. The normalized spacial score (nSPS) is 25.1. The van der Waals surface area contributed by atoms with E-state index in [1.165, 1.54) is 40.6 Å². The zero-order valence-corrected chi connectivity index (χ0v) is 24.6. The molecule has 5 atom stereocenters. The number of nitrogens with zero attached hydrogens (tertiary/aromatic N) is 2. The van der Waals surface area contributed by atoms with Crippen LogP contribution in [0.4, 0.5) is 0 Å². The van der Waals surface area contributed by atoms with Crippen LogP contribution in [0.3, 0.4) is 0 Å². The van der Waals surface area contributed by atoms with E-state index in [1.54, 1.807) is 0 Å². The number of benzene rings is 2. The standard InChI is InChI=1S/C25H25N2O14S2/c1-36-15-7-5-12(9-17(15)38-3)42(32,33)40-25-20-14(11-26(25)31)19-21(22(20)28)24(30)27(23(19)29)41-43(34,35)13-6-8-16(37-2)18(10-13)39-4/h5-10,14,19-21,25H,11H2,1-4H3/q+1. The number of nitroso groups, excluding NO2 is 1. The van der Waals surface area contributed by atoms with Gasteiger partial charge >= 0.3 is 26.5 Å². The van der Waals surface area contributed by atoms with Gasteiger partial charge in [-0.3, -0.25) is 14.4 Å². The first-order valence-electron chi connectivity index (χ1n) is 12.5. The Kier molecular flexibility index (Phi) is 7.66. The Morgan fingerprint density at radius 1 is 0.721 bits per heavy atom. The van der Waals surface area contributed by atoms with Crippen molar-refractivity contribution in [3.63, 3.8) is 0 Å². The predicted molar refractivity (Wildman–Crippen MR) is 139 cm³/mol. The van der Waals surface area contributed by atoms with Crippen molar-refractivity contribution in [1.82, 2.24) is 5.06 Å². The van der Waals surface area contributed by atoms with E-state index >= 15 is 0 Å². The van der Waals surface area contributed by atoms with Crippen molar-refractivity contribution >= 4 is 37.8 Å². The summed E-state index contributed by atoms with van der Waals surface area (Å²) < 4.78 is 82.6. The zero-order chi connectivity index (χ0) is 31.4. The molecule has 16 nitrogen and oxygen atoms in total. The largest absolute Gasteiger partial charge is 0.493 e. The number of methoxy groups -OCH3 is 4. The van der Waals surface area contributed by atoms with Crippen LogP contribution in [0.2, 0.25) is 0 Å². The second-order valence-corrected chi connectivity index (χ2v) is 12.8. The van der Waals surface area contributed by atoms with E-state index < -0.39 is 84.1 Å². The van der Waals surface area contributed by atoms with E-state index in [0.717, 1.165) is 24.3 Å². The minimum atomic E-state index is -4.78. The van der Waals surface area contributed by atoms with Crippen LogP contribution in [0.15, 0.2) is 46.2 Å². The van der Waals surface area contributed by atoms with Crippen molar-refractivity contribution in [2.45, 2.75) is 16.0 Å². The SMILES string of the molecule is COc1ccc(S(=O)(=O)OC2C3C(=O)C4C(=O)N(OS(=O)(=O)c5ccc(OC)c(OC)c5)C(=O)C4C3C[N+]2=O)cc1OC. The summed E-state index contributed by atoms with van der Waals surface area (Å²) in [5.74, 6) is -8.68. The number of hydrogen-bond donors (Lipinski definition) is 0. The van der Waals surface area contributed by atoms with Gasteiger partial charge in [0, 0.05) is 21.8 Å². The quantitative estimate of drug-likeness (QED) is 0.148. The number of Topliss-reactive ketones (excluding diaryl/α,β-unsaturated/α-hetero) is 1. The molecule has 5 unspecified atom stereocenters. The summed E-state index contributed by atoms with van der Waals surface area (Å²) in [5, 5.41) is -0.0147. The second kappa shape index (κ2) is 10.9. The number of ketones is 1. The maximum atomic E-state index is 13.4. The smallest absolute Gasteiger partial charge is 0.329 e. The molecule has 2 amide bonds. The number of carbonyl (C=O) groups is 3. The monoisotopic (exact) mass is 641 g/mol. The Bertz CT molecular complexity index is 1760. The van der Waals surface area contributed by atoms with E-state index in [2.05, 4.69) is 0 Å². The van der Waals surface area contributed by atoms with Crippen LogP contribution in [-0.2, 0) is 43.1 Å². The Morgan fingerprint density at radius 3 is 1.74 bits per heavy atom. The molecule has 43 heavy (non-hydrogen) atoms. The van der Waals surface area contributed by atoms with Gasteiger partial charge in [0.2, 0.25) is 0 Å². The van der Waals surface area contributed by atoms with Gasteiger partial charge in [-0.15, -0.1) is 9.35 Å². The number of carbonyl (C=O) groups excluding carboxylic acids is 3. The van der Waals surface area contributed by atoms with Crippen LogP contribution in [0, 0.1) is 28.6 Å². The van der Waals surface area contributed by atoms with Crippen LogP contribution in [0.1, 0.15) is 0 Å². The van der Waals surface area contributed by atoms with Crippen molar-refractivity contribution < 1.29 is 63.4 Å². The van der Waals surface area contributed by atoms with E-state index in [0.29, 0.717) is 0 Å². The third-order valence-electron chi connectivity index (χ3n) is 7.54. The van der Waals surface area contributed by atoms with E-state index in [1.807, 2.05) is 0 Å². The summed E-state index contributed by atoms with van der Waals surface area (Å²) in [4.78, 5) is 51.8. The van der Waals surface area contributed by atoms with Crippen LogP contribution >= 0.6 is 0 Å². The fourth-order valence-electron chi connectivity index (χ4n) is 5.56. The van der Waals surface area contributed by atoms with Crippen LogP contribution in [-0.4, -0.2) is 85.5 Å². The van der Waals surface area contributed by atoms with E-state index in [9.17, 15) is 36.1 Å². The second-order valence-electron chi connectivity index (χ2n) is 9.67. The molecule has 1 aliphatic carbocycles. The first-order valence-corrected chi connectivity index (χ1v) is 15.3. The molecule has 0 bridgehead atoms. The maximum absolute atomic E-state index is 13.4. The molecule has 2 aromatic rings. The van der Waals surface area contributed by atoms with Gasteiger partial charge in [-0.25, -0.2) is 0 Å². The summed E-state index contributed by atoms with van der Waals surface area (Å²) in [6.45, 7) is -0.543. The molecular weight excluding hydrogens is 616 g/mol. The van der Waals surface area contributed by atoms with Crippen molar-refractivity contribution in [3.05, 3.63) is 41.3 Å². The van der Waals surface area contributed by atoms with Gasteiger partial charge in [-0.2, -0.15) is 21.0 Å². The number of imide groups is 1. The molecule has 0 aromatic heterocycles. The molecular formula is C25H25N2O14S2+. The lowest BCUT2D eigenvalue weighted by molar-refractivity contribution is -0.603. The Hall–Kier alpha value is -4.13. The maximum Gasteiger partial charge on any atom is 0.329 e. The van der Waals surface area contributed by atoms with Gasteiger partial charge < -0.3 is 18.9 Å². The molecule has 3 fully saturated rings. The van der Waals surface area contributed by atoms with Crippen LogP contribution < -0.4 is 18.9 Å². The lowest BCUT2D eigenvalue weighted by Gasteiger charge is -2.17. The molecule has 0 spiro atoms. The summed E-state index contributed by atoms with van der Waals surface area (Å²) in [5.41, 5.74) is 0. The van der Waals surface area contributed by atoms with Gasteiger partial charge in [-0.1, -0.05) is 0 Å². The number of amides is 2. The molecule has 0 N–H and O–H groups in total. The van der Waals surface area contributed by atoms with Gasteiger partial charge in [0.15, 0.2) is 35.3 Å². The van der Waals surface area contributed by atoms with Crippen LogP contribution in [0.25, 0.3) is 0 Å². The fraction of sp³-hybridized carbons (Fsp3) is 0.400. The highest BCUT2D eigenvalue weighted by Gasteiger charge is 2.73. The van der Waals surface area contributed by atoms with Gasteiger partial charge in [0.05, 0.1) is 50.1 Å². The van der Waals surface area contributed by atoms with Gasteiger partial charge in [0.25, 0.3) is 11.8 Å². The molecule has 0 radical (unpaired) electrons. The van der Waals surface area contributed by atoms with E-state index in [4.69, 9.17) is 27.4 Å². The third-order valence-corrected chi connectivity index (χ3v) is 9.99. The number of fused-ring (bicyclic) bond motifs is 3. The van der Waals surface area contributed by atoms with Gasteiger partial charge in [0.1, 0.15) is 11.8 Å². The first kappa shape index (κ1) is 30.3. The van der Waals surface area contributed by atoms with Crippen LogP contribution in [0.5, 0.6) is 23.0 Å². The Morgan fingerprint density at radius 2 is 1.23 bits per heavy atom. The average molecular weight is 642 g/mol. The molecule has 2 aromatic carbocycles. The molecule has 1 saturated carbocycles. The Labute approximate surface area is 245 Å². The highest BCUT2D eigenvalue weighted by atomic mass is 32.2. The number of hydroxylamine groups is 2. The number of ether oxygens (including phenoxy) is 4. The zero-order valence-electron chi connectivity index (χ0n) is 23.0. The molecule has 2 aliphatic heterocycles. The minimum Gasteiger partial charge on any atom is -0.493 e. The summed E-state index contributed by atoms with van der Waals surface area (Å²) in [6, 6.07) is 6.95. The highest BCUT2D eigenvalue weighted by molar-refractivity contribution is 7.87. The third kappa shape index (κ3) is 4.89. The summed E-state index contributed by atoms with van der Waals surface area (Å²) in [6.07, 6.45) is -1.88. The Balaban J connectivity index is 1.38. The average Bonchev–Trinajstić information content (AvgIpc) is 3.54. The lowest BCUT2D eigenvalue weighted by Crippen LogP contribution is -2.39. The lowest BCUT2D eigenvalue weighted by atomic mass is 9.90. The predicted octanol–water partition coefficient (Wildman–Crippen LogP) is 0.282. The van der Waals surface area contributed by atoms with E-state index in [-0.39, 0.29) is 32.8 Å². The van der Waals surface area contributed by atoms with Crippen molar-refractivity contribution in [2.24, 2.45) is 23.7 Å².